The Hall–Kier alpha value is -3.15. The summed E-state index contributed by atoms with van der Waals surface area (Å²) in [7, 11) is 0. The highest BCUT2D eigenvalue weighted by molar-refractivity contribution is 5.94. The number of halogens is 3. The second kappa shape index (κ2) is 6.05. The van der Waals surface area contributed by atoms with Crippen LogP contribution in [0.15, 0.2) is 29.2 Å². The summed E-state index contributed by atoms with van der Waals surface area (Å²) in [6.07, 6.45) is -3.28. The van der Waals surface area contributed by atoms with Crippen LogP contribution in [0.1, 0.15) is 32.9 Å². The lowest BCUT2D eigenvalue weighted by molar-refractivity contribution is -0.141. The fourth-order valence-electron chi connectivity index (χ4n) is 2.63. The van der Waals surface area contributed by atoms with E-state index >= 15 is 0 Å². The second-order valence-electron chi connectivity index (χ2n) is 5.53. The molecule has 1 aliphatic heterocycles. The number of amides is 1. The summed E-state index contributed by atoms with van der Waals surface area (Å²) >= 11 is 0. The Morgan fingerprint density at radius 1 is 1.36 bits per heavy atom. The van der Waals surface area contributed by atoms with Gasteiger partial charge in [0.25, 0.3) is 11.5 Å². The molecule has 9 heteroatoms. The zero-order chi connectivity index (χ0) is 18.2. The highest BCUT2D eigenvalue weighted by Crippen LogP contribution is 2.27. The molecule has 0 aromatic carbocycles. The zero-order valence-corrected chi connectivity index (χ0v) is 12.7. The Balaban J connectivity index is 1.83. The molecule has 0 fully saturated rings. The first-order valence-corrected chi connectivity index (χ1v) is 7.27. The molecule has 0 atom stereocenters. The Kier molecular flexibility index (Phi) is 4.04. The van der Waals surface area contributed by atoms with Gasteiger partial charge in [-0.05, 0) is 23.8 Å². The summed E-state index contributed by atoms with van der Waals surface area (Å²) in [6.45, 7) is 0.454. The topological polar surface area (TPSA) is 89.9 Å². The summed E-state index contributed by atoms with van der Waals surface area (Å²) in [6, 6.07) is 5.05. The first-order chi connectivity index (χ1) is 11.8. The van der Waals surface area contributed by atoms with Gasteiger partial charge < -0.3 is 9.88 Å². The van der Waals surface area contributed by atoms with Gasteiger partial charge in [0.15, 0.2) is 0 Å². The summed E-state index contributed by atoms with van der Waals surface area (Å²) in [4.78, 5) is 31.4. The predicted molar refractivity (Wildman–Crippen MR) is 79.5 cm³/mol. The molecular weight excluding hydrogens is 337 g/mol. The van der Waals surface area contributed by atoms with E-state index in [9.17, 15) is 22.8 Å². The lowest BCUT2D eigenvalue weighted by Gasteiger charge is -2.28. The minimum atomic E-state index is -4.56. The van der Waals surface area contributed by atoms with Gasteiger partial charge in [-0.15, -0.1) is 0 Å². The van der Waals surface area contributed by atoms with Gasteiger partial charge in [0.2, 0.25) is 0 Å². The first kappa shape index (κ1) is 16.7. The fraction of sp³-hybridized carbons (Fsp3) is 0.250. The predicted octanol–water partition coefficient (Wildman–Crippen LogP) is 1.86. The lowest BCUT2D eigenvalue weighted by atomic mass is 10.0. The summed E-state index contributed by atoms with van der Waals surface area (Å²) in [5.41, 5.74) is -0.267. The van der Waals surface area contributed by atoms with Crippen molar-refractivity contribution in [1.29, 1.82) is 5.26 Å². The van der Waals surface area contributed by atoms with Crippen molar-refractivity contribution in [3.05, 3.63) is 62.8 Å². The van der Waals surface area contributed by atoms with Crippen molar-refractivity contribution in [2.45, 2.75) is 19.1 Å². The number of fused-ring (bicyclic) bond motifs is 1. The number of rotatable bonds is 1. The quantitative estimate of drug-likeness (QED) is 0.852. The highest BCUT2D eigenvalue weighted by Gasteiger charge is 2.32. The maximum Gasteiger partial charge on any atom is 0.433 e. The van der Waals surface area contributed by atoms with E-state index in [1.807, 2.05) is 0 Å². The van der Waals surface area contributed by atoms with Crippen LogP contribution in [-0.4, -0.2) is 27.3 Å². The number of nitriles is 1. The van der Waals surface area contributed by atoms with E-state index in [0.29, 0.717) is 24.2 Å². The molecule has 3 heterocycles. The number of aromatic nitrogens is 2. The van der Waals surface area contributed by atoms with Crippen molar-refractivity contribution < 1.29 is 18.0 Å². The van der Waals surface area contributed by atoms with Crippen molar-refractivity contribution >= 4 is 5.91 Å². The first-order valence-electron chi connectivity index (χ1n) is 7.27. The number of hydrogen-bond acceptors (Lipinski definition) is 4. The maximum atomic E-state index is 12.5. The number of aromatic amines is 1. The summed E-state index contributed by atoms with van der Waals surface area (Å²) < 4.78 is 37.6. The molecule has 128 valence electrons. The van der Waals surface area contributed by atoms with Crippen LogP contribution in [0.2, 0.25) is 0 Å². The third kappa shape index (κ3) is 3.24. The summed E-state index contributed by atoms with van der Waals surface area (Å²) in [5.74, 6) is -0.461. The normalized spacial score (nSPS) is 13.9. The number of nitrogens with one attached hydrogen (secondary N) is 1. The van der Waals surface area contributed by atoms with E-state index in [0.717, 1.165) is 18.3 Å². The fourth-order valence-corrected chi connectivity index (χ4v) is 2.63. The van der Waals surface area contributed by atoms with Crippen molar-refractivity contribution in [3.63, 3.8) is 0 Å². The molecule has 0 saturated carbocycles. The molecule has 0 spiro atoms. The Morgan fingerprint density at radius 2 is 2.12 bits per heavy atom. The third-order valence-corrected chi connectivity index (χ3v) is 3.92. The van der Waals surface area contributed by atoms with E-state index in [1.165, 1.54) is 11.0 Å². The van der Waals surface area contributed by atoms with Crippen LogP contribution in [0, 0.1) is 11.3 Å². The maximum absolute atomic E-state index is 12.5. The molecule has 2 aromatic heterocycles. The van der Waals surface area contributed by atoms with Crippen LogP contribution in [0.3, 0.4) is 0 Å². The van der Waals surface area contributed by atoms with Gasteiger partial charge >= 0.3 is 6.18 Å². The zero-order valence-electron chi connectivity index (χ0n) is 12.7. The molecule has 2 aromatic rings. The van der Waals surface area contributed by atoms with Gasteiger partial charge in [-0.1, -0.05) is 0 Å². The minimum Gasteiger partial charge on any atom is -0.334 e. The number of alkyl halides is 3. The molecule has 6 nitrogen and oxygen atoms in total. The molecular formula is C16H11F3N4O2. The van der Waals surface area contributed by atoms with Crippen molar-refractivity contribution in [1.82, 2.24) is 14.9 Å². The molecule has 0 saturated heterocycles. The van der Waals surface area contributed by atoms with E-state index in [-0.39, 0.29) is 17.7 Å². The molecule has 3 rings (SSSR count). The number of carbonyl (C=O) groups is 1. The van der Waals surface area contributed by atoms with Gasteiger partial charge in [0, 0.05) is 31.4 Å². The number of carbonyl (C=O) groups excluding carboxylic acids is 1. The van der Waals surface area contributed by atoms with E-state index in [2.05, 4.69) is 9.97 Å². The van der Waals surface area contributed by atoms with Crippen molar-refractivity contribution in [3.8, 4) is 6.07 Å². The SMILES string of the molecule is N#Cc1cc2c([nH]c1=O)CCN(C(=O)c1ccc(C(F)(F)F)nc1)C2. The monoisotopic (exact) mass is 348 g/mol. The van der Waals surface area contributed by atoms with Gasteiger partial charge in [0.05, 0.1) is 5.56 Å². The van der Waals surface area contributed by atoms with Crippen LogP contribution in [0.25, 0.3) is 0 Å². The Labute approximate surface area is 139 Å². The number of pyridine rings is 2. The molecule has 25 heavy (non-hydrogen) atoms. The van der Waals surface area contributed by atoms with E-state index in [1.54, 1.807) is 6.07 Å². The van der Waals surface area contributed by atoms with Crippen LogP contribution in [0.5, 0.6) is 0 Å². The molecule has 0 radical (unpaired) electrons. The van der Waals surface area contributed by atoms with E-state index in [4.69, 9.17) is 5.26 Å². The summed E-state index contributed by atoms with van der Waals surface area (Å²) in [5, 5.41) is 8.91. The number of hydrogen-bond donors (Lipinski definition) is 1. The van der Waals surface area contributed by atoms with Gasteiger partial charge in [-0.25, -0.2) is 0 Å². The van der Waals surface area contributed by atoms with Crippen LogP contribution in [0.4, 0.5) is 13.2 Å². The number of H-pyrrole nitrogens is 1. The molecule has 0 aliphatic carbocycles. The van der Waals surface area contributed by atoms with Gasteiger partial charge in [-0.3, -0.25) is 14.6 Å². The number of nitrogens with zero attached hydrogens (tertiary/aromatic N) is 3. The van der Waals surface area contributed by atoms with Crippen LogP contribution < -0.4 is 5.56 Å². The van der Waals surface area contributed by atoms with Gasteiger partial charge in [-0.2, -0.15) is 18.4 Å². The Bertz CT molecular complexity index is 926. The minimum absolute atomic E-state index is 0.0429. The van der Waals surface area contributed by atoms with Crippen LogP contribution in [-0.2, 0) is 19.1 Å². The van der Waals surface area contributed by atoms with E-state index < -0.39 is 23.3 Å². The molecule has 0 unspecified atom stereocenters. The molecule has 1 amide bonds. The lowest BCUT2D eigenvalue weighted by Crippen LogP contribution is -2.37. The van der Waals surface area contributed by atoms with Crippen molar-refractivity contribution in [2.75, 3.05) is 6.54 Å². The van der Waals surface area contributed by atoms with Gasteiger partial charge in [0.1, 0.15) is 17.3 Å². The molecule has 0 bridgehead atoms. The average molecular weight is 348 g/mol. The smallest absolute Gasteiger partial charge is 0.334 e. The molecule has 1 N–H and O–H groups in total. The highest BCUT2D eigenvalue weighted by atomic mass is 19.4. The van der Waals surface area contributed by atoms with Crippen molar-refractivity contribution in [2.24, 2.45) is 0 Å². The van der Waals surface area contributed by atoms with Crippen LogP contribution >= 0.6 is 0 Å². The Morgan fingerprint density at radius 3 is 2.72 bits per heavy atom. The largest absolute Gasteiger partial charge is 0.433 e. The average Bonchev–Trinajstić information content (AvgIpc) is 2.59. The second-order valence-corrected chi connectivity index (χ2v) is 5.53. The molecule has 1 aliphatic rings. The third-order valence-electron chi connectivity index (χ3n) is 3.92. The standard InChI is InChI=1S/C16H11F3N4O2/c17-16(18,19)13-2-1-9(7-21-13)15(25)23-4-3-12-11(8-23)5-10(6-20)14(24)22-12/h1-2,5,7H,3-4,8H2,(H,22,24).